The summed E-state index contributed by atoms with van der Waals surface area (Å²) in [6, 6.07) is 3.64. The predicted octanol–water partition coefficient (Wildman–Crippen LogP) is 0.667. The van der Waals surface area contributed by atoms with Gasteiger partial charge < -0.3 is 0 Å². The molecular formula is C10H9N3O4. The van der Waals surface area contributed by atoms with Gasteiger partial charge >= 0.3 is 0 Å². The lowest BCUT2D eigenvalue weighted by Gasteiger charge is -2.20. The molecule has 0 atom stereocenters. The lowest BCUT2D eigenvalue weighted by molar-refractivity contribution is -0.384. The number of imide groups is 1. The minimum Gasteiger partial charge on any atom is -0.267 e. The van der Waals surface area contributed by atoms with Gasteiger partial charge in [-0.2, -0.15) is 0 Å². The zero-order valence-electron chi connectivity index (χ0n) is 9.21. The molecule has 0 fully saturated rings. The first-order valence-corrected chi connectivity index (χ1v) is 4.78. The van der Waals surface area contributed by atoms with E-state index in [1.165, 1.54) is 17.1 Å². The van der Waals surface area contributed by atoms with E-state index in [0.29, 0.717) is 0 Å². The number of rotatable bonds is 2. The van der Waals surface area contributed by atoms with Crippen LogP contribution in [0, 0.1) is 10.1 Å². The van der Waals surface area contributed by atoms with Crippen molar-refractivity contribution in [2.24, 2.45) is 0 Å². The maximum Gasteiger partial charge on any atom is 0.276 e. The molecule has 2 amide bonds. The van der Waals surface area contributed by atoms with Gasteiger partial charge in [0, 0.05) is 26.2 Å². The van der Waals surface area contributed by atoms with Gasteiger partial charge in [-0.1, -0.05) is 0 Å². The van der Waals surface area contributed by atoms with Crippen LogP contribution in [0.25, 0.3) is 0 Å². The maximum absolute atomic E-state index is 11.9. The molecule has 1 aliphatic rings. The molecule has 0 saturated carbocycles. The Morgan fingerprint density at radius 3 is 2.29 bits per heavy atom. The second kappa shape index (κ2) is 3.63. The molecule has 0 spiro atoms. The van der Waals surface area contributed by atoms with Crippen molar-refractivity contribution in [3.8, 4) is 0 Å². The fraction of sp³-hybridized carbons (Fsp3) is 0.200. The second-order valence-corrected chi connectivity index (χ2v) is 3.76. The number of hydrogen-bond donors (Lipinski definition) is 0. The monoisotopic (exact) mass is 235 g/mol. The van der Waals surface area contributed by atoms with Crippen LogP contribution in [-0.2, 0) is 0 Å². The molecule has 1 aromatic carbocycles. The number of nitro groups is 1. The second-order valence-electron chi connectivity index (χ2n) is 3.76. The number of carbonyl (C=O) groups is 2. The Hall–Kier alpha value is -2.28. The van der Waals surface area contributed by atoms with E-state index in [1.54, 1.807) is 14.1 Å². The van der Waals surface area contributed by atoms with Crippen molar-refractivity contribution in [2.75, 3.05) is 14.1 Å². The molecular weight excluding hydrogens is 226 g/mol. The van der Waals surface area contributed by atoms with Gasteiger partial charge in [-0.05, 0) is 6.07 Å². The largest absolute Gasteiger partial charge is 0.276 e. The van der Waals surface area contributed by atoms with Gasteiger partial charge in [0.05, 0.1) is 16.1 Å². The molecule has 1 aromatic rings. The molecule has 1 aliphatic heterocycles. The van der Waals surface area contributed by atoms with Gasteiger partial charge in [-0.3, -0.25) is 19.7 Å². The minimum absolute atomic E-state index is 0.0675. The van der Waals surface area contributed by atoms with Gasteiger partial charge in [0.1, 0.15) is 0 Å². The van der Waals surface area contributed by atoms with Crippen LogP contribution in [-0.4, -0.2) is 40.9 Å². The van der Waals surface area contributed by atoms with Crippen molar-refractivity contribution in [3.63, 3.8) is 0 Å². The van der Waals surface area contributed by atoms with Gasteiger partial charge in [0.25, 0.3) is 17.5 Å². The van der Waals surface area contributed by atoms with E-state index in [9.17, 15) is 19.7 Å². The number of amides is 2. The Morgan fingerprint density at radius 2 is 1.76 bits per heavy atom. The molecule has 17 heavy (non-hydrogen) atoms. The molecule has 0 aromatic heterocycles. The van der Waals surface area contributed by atoms with Gasteiger partial charge in [0.2, 0.25) is 0 Å². The standard InChI is InChI=1S/C10H9N3O4/c1-11(2)12-9(14)7-4-3-6(13(16)17)5-8(7)10(12)15/h3-5H,1-2H3. The third-order valence-electron chi connectivity index (χ3n) is 2.46. The maximum atomic E-state index is 11.9. The van der Waals surface area contributed by atoms with Crippen LogP contribution in [0.2, 0.25) is 0 Å². The molecule has 0 bridgehead atoms. The van der Waals surface area contributed by atoms with Crippen LogP contribution in [0.4, 0.5) is 5.69 Å². The first-order valence-electron chi connectivity index (χ1n) is 4.78. The first-order chi connectivity index (χ1) is 7.93. The zero-order chi connectivity index (χ0) is 12.7. The SMILES string of the molecule is CN(C)N1C(=O)c2ccc([N+](=O)[O-])cc2C1=O. The van der Waals surface area contributed by atoms with Crippen molar-refractivity contribution in [1.29, 1.82) is 0 Å². The summed E-state index contributed by atoms with van der Waals surface area (Å²) in [5.41, 5.74) is 0.0534. The summed E-state index contributed by atoms with van der Waals surface area (Å²) in [4.78, 5) is 33.7. The molecule has 1 heterocycles. The third-order valence-corrected chi connectivity index (χ3v) is 2.46. The molecule has 0 radical (unpaired) electrons. The fourth-order valence-corrected chi connectivity index (χ4v) is 1.69. The van der Waals surface area contributed by atoms with Gasteiger partial charge in [0.15, 0.2) is 0 Å². The fourth-order valence-electron chi connectivity index (χ4n) is 1.69. The third kappa shape index (κ3) is 1.56. The highest BCUT2D eigenvalue weighted by Gasteiger charge is 2.38. The topological polar surface area (TPSA) is 83.8 Å². The zero-order valence-corrected chi connectivity index (χ0v) is 9.21. The van der Waals surface area contributed by atoms with E-state index in [2.05, 4.69) is 0 Å². The van der Waals surface area contributed by atoms with E-state index in [0.717, 1.165) is 11.1 Å². The Balaban J connectivity index is 2.54. The van der Waals surface area contributed by atoms with Crippen LogP contribution in [0.3, 0.4) is 0 Å². The number of nitro benzene ring substituents is 1. The summed E-state index contributed by atoms with van der Waals surface area (Å²) in [6.45, 7) is 0. The van der Waals surface area contributed by atoms with E-state index in [1.807, 2.05) is 0 Å². The summed E-state index contributed by atoms with van der Waals surface area (Å²) >= 11 is 0. The molecule has 0 saturated heterocycles. The number of benzene rings is 1. The summed E-state index contributed by atoms with van der Waals surface area (Å²) in [5, 5.41) is 12.9. The summed E-state index contributed by atoms with van der Waals surface area (Å²) in [7, 11) is 3.10. The number of fused-ring (bicyclic) bond motifs is 1. The summed E-state index contributed by atoms with van der Waals surface area (Å²) < 4.78 is 0. The lowest BCUT2D eigenvalue weighted by Crippen LogP contribution is -2.41. The van der Waals surface area contributed by atoms with Gasteiger partial charge in [-0.15, -0.1) is 0 Å². The average Bonchev–Trinajstić information content (AvgIpc) is 2.51. The molecule has 88 valence electrons. The number of hydrazine groups is 1. The van der Waals surface area contributed by atoms with Crippen molar-refractivity contribution in [1.82, 2.24) is 10.0 Å². The van der Waals surface area contributed by atoms with Gasteiger partial charge in [-0.25, -0.2) is 10.0 Å². The lowest BCUT2D eigenvalue weighted by atomic mass is 10.1. The van der Waals surface area contributed by atoms with Crippen LogP contribution in [0.15, 0.2) is 18.2 Å². The highest BCUT2D eigenvalue weighted by molar-refractivity contribution is 6.21. The molecule has 0 unspecified atom stereocenters. The average molecular weight is 235 g/mol. The van der Waals surface area contributed by atoms with Crippen molar-refractivity contribution in [2.45, 2.75) is 0 Å². The molecule has 7 nitrogen and oxygen atoms in total. The van der Waals surface area contributed by atoms with Crippen LogP contribution >= 0.6 is 0 Å². The number of carbonyl (C=O) groups excluding carboxylic acids is 2. The van der Waals surface area contributed by atoms with Crippen LogP contribution in [0.5, 0.6) is 0 Å². The van der Waals surface area contributed by atoms with Crippen molar-refractivity contribution < 1.29 is 14.5 Å². The highest BCUT2D eigenvalue weighted by atomic mass is 16.6. The summed E-state index contributed by atoms with van der Waals surface area (Å²) in [5.74, 6) is -1.01. The highest BCUT2D eigenvalue weighted by Crippen LogP contribution is 2.26. The molecule has 2 rings (SSSR count). The molecule has 7 heteroatoms. The van der Waals surface area contributed by atoms with E-state index >= 15 is 0 Å². The van der Waals surface area contributed by atoms with E-state index < -0.39 is 16.7 Å². The molecule has 0 aliphatic carbocycles. The van der Waals surface area contributed by atoms with E-state index in [4.69, 9.17) is 0 Å². The predicted molar refractivity (Wildman–Crippen MR) is 57.3 cm³/mol. The van der Waals surface area contributed by atoms with E-state index in [-0.39, 0.29) is 16.8 Å². The Morgan fingerprint density at radius 1 is 1.18 bits per heavy atom. The van der Waals surface area contributed by atoms with Crippen LogP contribution < -0.4 is 0 Å². The van der Waals surface area contributed by atoms with Crippen molar-refractivity contribution >= 4 is 17.5 Å². The Kier molecular flexibility index (Phi) is 2.40. The minimum atomic E-state index is -0.601. The van der Waals surface area contributed by atoms with Crippen molar-refractivity contribution in [3.05, 3.63) is 39.4 Å². The molecule has 0 N–H and O–H groups in total. The first kappa shape index (κ1) is 11.2. The Labute approximate surface area is 96.4 Å². The smallest absolute Gasteiger partial charge is 0.267 e. The normalized spacial score (nSPS) is 14.4. The van der Waals surface area contributed by atoms with Crippen LogP contribution in [0.1, 0.15) is 20.7 Å². The summed E-state index contributed by atoms with van der Waals surface area (Å²) in [6.07, 6.45) is 0. The number of nitrogens with zero attached hydrogens (tertiary/aromatic N) is 3. The number of non-ortho nitro benzene ring substituents is 1. The quantitative estimate of drug-likeness (QED) is 0.427. The Bertz CT molecular complexity index is 538. The number of hydrogen-bond acceptors (Lipinski definition) is 5.